The number of guanidine groups is 1. The third-order valence-electron chi connectivity index (χ3n) is 4.42. The fraction of sp³-hybridized carbons (Fsp3) is 0.875. The molecule has 130 valence electrons. The van der Waals surface area contributed by atoms with E-state index in [4.69, 9.17) is 4.74 Å². The van der Waals surface area contributed by atoms with E-state index in [-0.39, 0.29) is 29.9 Å². The van der Waals surface area contributed by atoms with E-state index in [1.54, 1.807) is 7.05 Å². The van der Waals surface area contributed by atoms with Gasteiger partial charge >= 0.3 is 5.97 Å². The van der Waals surface area contributed by atoms with Gasteiger partial charge in [0.05, 0.1) is 6.61 Å². The molecule has 0 saturated heterocycles. The van der Waals surface area contributed by atoms with Crippen molar-refractivity contribution in [1.29, 1.82) is 0 Å². The maximum atomic E-state index is 11.2. The summed E-state index contributed by atoms with van der Waals surface area (Å²) in [4.78, 5) is 15.5. The first-order chi connectivity index (χ1) is 10.2. The molecule has 0 aromatic carbocycles. The maximum Gasteiger partial charge on any atom is 0.305 e. The van der Waals surface area contributed by atoms with E-state index in [9.17, 15) is 4.79 Å². The zero-order chi connectivity index (χ0) is 15.6. The second-order valence-corrected chi connectivity index (χ2v) is 5.82. The fourth-order valence-electron chi connectivity index (χ4n) is 2.94. The topological polar surface area (TPSA) is 62.7 Å². The molecule has 1 fully saturated rings. The molecule has 0 bridgehead atoms. The van der Waals surface area contributed by atoms with Crippen LogP contribution in [0.4, 0.5) is 0 Å². The molecule has 0 aliphatic heterocycles. The van der Waals surface area contributed by atoms with E-state index >= 15 is 0 Å². The molecule has 0 amide bonds. The summed E-state index contributed by atoms with van der Waals surface area (Å²) in [6.07, 6.45) is 7.77. The Morgan fingerprint density at radius 3 is 2.45 bits per heavy atom. The summed E-state index contributed by atoms with van der Waals surface area (Å²) in [6, 6.07) is 0. The van der Waals surface area contributed by atoms with Crippen molar-refractivity contribution in [2.45, 2.75) is 58.8 Å². The first-order valence-electron chi connectivity index (χ1n) is 8.26. The van der Waals surface area contributed by atoms with Crippen LogP contribution < -0.4 is 10.6 Å². The number of nitrogens with one attached hydrogen (secondary N) is 2. The predicted molar refractivity (Wildman–Crippen MR) is 102 cm³/mol. The number of hydrogen-bond donors (Lipinski definition) is 2. The van der Waals surface area contributed by atoms with Gasteiger partial charge in [0.1, 0.15) is 0 Å². The average molecular weight is 425 g/mol. The summed E-state index contributed by atoms with van der Waals surface area (Å²) >= 11 is 0. The Labute approximate surface area is 152 Å². The van der Waals surface area contributed by atoms with Crippen LogP contribution in [-0.2, 0) is 9.53 Å². The zero-order valence-electron chi connectivity index (χ0n) is 14.2. The van der Waals surface area contributed by atoms with Crippen LogP contribution in [-0.4, -0.2) is 38.7 Å². The predicted octanol–water partition coefficient (Wildman–Crippen LogP) is 3.08. The Balaban J connectivity index is 0.00000441. The van der Waals surface area contributed by atoms with Gasteiger partial charge in [-0.05, 0) is 38.0 Å². The summed E-state index contributed by atoms with van der Waals surface area (Å²) in [6.45, 7) is 6.28. The van der Waals surface area contributed by atoms with Crippen LogP contribution in [0, 0.1) is 5.41 Å². The van der Waals surface area contributed by atoms with E-state index in [1.807, 2.05) is 6.92 Å². The molecule has 0 aromatic heterocycles. The number of hydrogen-bond acceptors (Lipinski definition) is 3. The largest absolute Gasteiger partial charge is 0.466 e. The van der Waals surface area contributed by atoms with Gasteiger partial charge in [-0.1, -0.05) is 19.8 Å². The Kier molecular flexibility index (Phi) is 11.7. The number of carbonyl (C=O) groups is 1. The van der Waals surface area contributed by atoms with Gasteiger partial charge in [0.25, 0.3) is 0 Å². The van der Waals surface area contributed by atoms with Crippen molar-refractivity contribution in [3.63, 3.8) is 0 Å². The van der Waals surface area contributed by atoms with Gasteiger partial charge < -0.3 is 15.4 Å². The zero-order valence-corrected chi connectivity index (χ0v) is 16.6. The molecule has 2 N–H and O–H groups in total. The number of esters is 1. The molecule has 1 aliphatic carbocycles. The summed E-state index contributed by atoms with van der Waals surface area (Å²) < 4.78 is 4.91. The number of nitrogens with zero attached hydrogens (tertiary/aromatic N) is 1. The van der Waals surface area contributed by atoms with Gasteiger partial charge in [0.15, 0.2) is 5.96 Å². The first-order valence-corrected chi connectivity index (χ1v) is 8.26. The first kappa shape index (κ1) is 21.5. The number of halogens is 1. The van der Waals surface area contributed by atoms with Crippen molar-refractivity contribution in [2.75, 3.05) is 26.7 Å². The lowest BCUT2D eigenvalue weighted by molar-refractivity contribution is -0.143. The third kappa shape index (κ3) is 7.65. The molecule has 1 saturated carbocycles. The summed E-state index contributed by atoms with van der Waals surface area (Å²) in [5.74, 6) is 0.705. The molecule has 5 nitrogen and oxygen atoms in total. The third-order valence-corrected chi connectivity index (χ3v) is 4.42. The molecule has 6 heteroatoms. The van der Waals surface area contributed by atoms with Gasteiger partial charge in [-0.25, -0.2) is 0 Å². The Morgan fingerprint density at radius 1 is 1.23 bits per heavy atom. The fourth-order valence-corrected chi connectivity index (χ4v) is 2.94. The normalized spacial score (nSPS) is 16.8. The molecular formula is C16H32IN3O2. The highest BCUT2D eigenvalue weighted by atomic mass is 127. The molecular weight excluding hydrogens is 393 g/mol. The number of aliphatic imine (C=N–C) groups is 1. The van der Waals surface area contributed by atoms with E-state index in [0.717, 1.165) is 25.5 Å². The molecule has 0 radical (unpaired) electrons. The summed E-state index contributed by atoms with van der Waals surface area (Å²) in [7, 11) is 1.79. The van der Waals surface area contributed by atoms with Gasteiger partial charge in [0.2, 0.25) is 0 Å². The van der Waals surface area contributed by atoms with Gasteiger partial charge in [-0.3, -0.25) is 9.79 Å². The lowest BCUT2D eigenvalue weighted by Crippen LogP contribution is -2.43. The molecule has 0 heterocycles. The molecule has 0 unspecified atom stereocenters. The smallest absolute Gasteiger partial charge is 0.305 e. The van der Waals surface area contributed by atoms with Crippen LogP contribution in [0.5, 0.6) is 0 Å². The van der Waals surface area contributed by atoms with Gasteiger partial charge in [-0.2, -0.15) is 0 Å². The van der Waals surface area contributed by atoms with E-state index in [2.05, 4.69) is 22.5 Å². The maximum absolute atomic E-state index is 11.2. The van der Waals surface area contributed by atoms with Gasteiger partial charge in [-0.15, -0.1) is 24.0 Å². The Hall–Kier alpha value is -0.530. The molecule has 0 aromatic rings. The highest BCUT2D eigenvalue weighted by Gasteiger charge is 2.31. The summed E-state index contributed by atoms with van der Waals surface area (Å²) in [5, 5.41) is 6.70. The van der Waals surface area contributed by atoms with Crippen molar-refractivity contribution in [1.82, 2.24) is 10.6 Å². The quantitative estimate of drug-likeness (QED) is 0.206. The standard InChI is InChI=1S/C16H31N3O2.HI/c1-4-16(10-6-7-11-16)13-19-15(17-3)18-12-8-9-14(20)21-5-2;/h4-13H2,1-3H3,(H2,17,18,19);1H. The van der Waals surface area contributed by atoms with Crippen molar-refractivity contribution >= 4 is 35.9 Å². The second-order valence-electron chi connectivity index (χ2n) is 5.82. The Bertz CT molecular complexity index is 342. The van der Waals surface area contributed by atoms with Crippen LogP contribution in [0.1, 0.15) is 58.8 Å². The minimum absolute atomic E-state index is 0. The molecule has 1 aliphatic rings. The average Bonchev–Trinajstić information content (AvgIpc) is 2.96. The molecule has 0 atom stereocenters. The van der Waals surface area contributed by atoms with Crippen LogP contribution in [0.3, 0.4) is 0 Å². The highest BCUT2D eigenvalue weighted by Crippen LogP contribution is 2.40. The minimum atomic E-state index is -0.127. The molecule has 0 spiro atoms. The lowest BCUT2D eigenvalue weighted by Gasteiger charge is -2.28. The monoisotopic (exact) mass is 425 g/mol. The van der Waals surface area contributed by atoms with Crippen molar-refractivity contribution in [2.24, 2.45) is 10.4 Å². The minimum Gasteiger partial charge on any atom is -0.466 e. The van der Waals surface area contributed by atoms with Crippen molar-refractivity contribution in [3.8, 4) is 0 Å². The summed E-state index contributed by atoms with van der Waals surface area (Å²) in [5.41, 5.74) is 0.447. The van der Waals surface area contributed by atoms with Gasteiger partial charge in [0, 0.05) is 26.6 Å². The number of rotatable bonds is 8. The lowest BCUT2D eigenvalue weighted by atomic mass is 9.83. The van der Waals surface area contributed by atoms with E-state index in [1.165, 1.54) is 32.1 Å². The van der Waals surface area contributed by atoms with Crippen molar-refractivity contribution in [3.05, 3.63) is 0 Å². The SMILES string of the molecule is CCOC(=O)CCCNC(=NC)NCC1(CC)CCCC1.I. The van der Waals surface area contributed by atoms with Crippen molar-refractivity contribution < 1.29 is 9.53 Å². The van der Waals surface area contributed by atoms with Crippen LogP contribution >= 0.6 is 24.0 Å². The molecule has 22 heavy (non-hydrogen) atoms. The Morgan fingerprint density at radius 2 is 1.91 bits per heavy atom. The van der Waals surface area contributed by atoms with E-state index in [0.29, 0.717) is 18.4 Å². The number of ether oxygens (including phenoxy) is 1. The van der Waals surface area contributed by atoms with Crippen LogP contribution in [0.15, 0.2) is 4.99 Å². The van der Waals surface area contributed by atoms with E-state index < -0.39 is 0 Å². The van der Waals surface area contributed by atoms with Crippen LogP contribution in [0.25, 0.3) is 0 Å². The molecule has 1 rings (SSSR count). The van der Waals surface area contributed by atoms with Crippen LogP contribution in [0.2, 0.25) is 0 Å². The second kappa shape index (κ2) is 12.0. The number of carbonyl (C=O) groups excluding carboxylic acids is 1. The highest BCUT2D eigenvalue weighted by molar-refractivity contribution is 14.0.